The lowest BCUT2D eigenvalue weighted by molar-refractivity contribution is 0.139. The van der Waals surface area contributed by atoms with Gasteiger partial charge in [0.2, 0.25) is 0 Å². The van der Waals surface area contributed by atoms with Crippen molar-refractivity contribution in [3.63, 3.8) is 0 Å². The average molecular weight is 324 g/mol. The van der Waals surface area contributed by atoms with Crippen LogP contribution < -0.4 is 10.1 Å². The van der Waals surface area contributed by atoms with Crippen LogP contribution in [0.1, 0.15) is 24.0 Å². The van der Waals surface area contributed by atoms with Crippen molar-refractivity contribution < 1.29 is 9.47 Å². The highest BCUT2D eigenvalue weighted by Crippen LogP contribution is 2.36. The van der Waals surface area contributed by atoms with Gasteiger partial charge in [-0.15, -0.1) is 0 Å². The van der Waals surface area contributed by atoms with Gasteiger partial charge in [-0.25, -0.2) is 0 Å². The van der Waals surface area contributed by atoms with Crippen molar-refractivity contribution >= 4 is 5.84 Å². The van der Waals surface area contributed by atoms with E-state index in [9.17, 15) is 0 Å². The molecule has 2 aromatic rings. The van der Waals surface area contributed by atoms with E-state index in [1.54, 1.807) is 7.11 Å². The maximum Gasteiger partial charge on any atom is 0.127 e. The number of methoxy groups -OCH3 is 1. The lowest BCUT2D eigenvalue weighted by Crippen LogP contribution is -2.38. The van der Waals surface area contributed by atoms with Gasteiger partial charge in [-0.05, 0) is 18.6 Å². The molecule has 0 saturated carbocycles. The number of ether oxygens (including phenoxy) is 2. The summed E-state index contributed by atoms with van der Waals surface area (Å²) in [6.45, 7) is 4.30. The van der Waals surface area contributed by atoms with E-state index in [1.165, 1.54) is 5.56 Å². The van der Waals surface area contributed by atoms with Crippen LogP contribution >= 0.6 is 0 Å². The van der Waals surface area contributed by atoms with E-state index < -0.39 is 0 Å². The molecule has 1 aliphatic rings. The Labute approximate surface area is 143 Å². The number of amidine groups is 1. The Morgan fingerprint density at radius 2 is 1.83 bits per heavy atom. The zero-order chi connectivity index (χ0) is 16.8. The molecule has 4 nitrogen and oxygen atoms in total. The highest BCUT2D eigenvalue weighted by atomic mass is 16.5. The molecule has 0 saturated heterocycles. The summed E-state index contributed by atoms with van der Waals surface area (Å²) >= 11 is 0. The Morgan fingerprint density at radius 1 is 1.08 bits per heavy atom. The van der Waals surface area contributed by atoms with Gasteiger partial charge < -0.3 is 14.8 Å². The molecule has 3 rings (SSSR count). The number of hydrogen-bond acceptors (Lipinski definition) is 4. The molecule has 0 radical (unpaired) electrons. The molecular weight excluding hydrogens is 300 g/mol. The number of hydrogen-bond donors (Lipinski definition) is 1. The second kappa shape index (κ2) is 7.97. The quantitative estimate of drug-likeness (QED) is 0.850. The van der Waals surface area contributed by atoms with E-state index in [0.717, 1.165) is 30.2 Å². The third-order valence-electron chi connectivity index (χ3n) is 4.24. The van der Waals surface area contributed by atoms with E-state index >= 15 is 0 Å². The highest BCUT2D eigenvalue weighted by Gasteiger charge is 2.32. The lowest BCUT2D eigenvalue weighted by Gasteiger charge is -2.28. The van der Waals surface area contributed by atoms with Crippen LogP contribution in [0.5, 0.6) is 5.75 Å². The maximum absolute atomic E-state index is 5.89. The number of nitrogens with zero attached hydrogens (tertiary/aromatic N) is 1. The van der Waals surface area contributed by atoms with Gasteiger partial charge in [-0.1, -0.05) is 48.5 Å². The minimum atomic E-state index is -0.170. The summed E-state index contributed by atoms with van der Waals surface area (Å²) in [5.74, 6) is 1.83. The average Bonchev–Trinajstić information content (AvgIpc) is 3.16. The van der Waals surface area contributed by atoms with E-state index in [-0.39, 0.29) is 12.0 Å². The number of para-hydroxylation sites is 1. The van der Waals surface area contributed by atoms with Crippen molar-refractivity contribution in [1.29, 1.82) is 0 Å². The second-order valence-corrected chi connectivity index (χ2v) is 5.71. The van der Waals surface area contributed by atoms with E-state index in [1.807, 2.05) is 31.2 Å². The highest BCUT2D eigenvalue weighted by molar-refractivity contribution is 5.89. The summed E-state index contributed by atoms with van der Waals surface area (Å²) in [6, 6.07) is 18.6. The van der Waals surface area contributed by atoms with Gasteiger partial charge in [-0.3, -0.25) is 4.99 Å². The summed E-state index contributed by atoms with van der Waals surface area (Å²) in [5, 5.41) is 3.36. The third-order valence-corrected chi connectivity index (χ3v) is 4.24. The monoisotopic (exact) mass is 324 g/mol. The molecule has 1 aliphatic heterocycles. The fourth-order valence-electron chi connectivity index (χ4n) is 3.21. The van der Waals surface area contributed by atoms with Crippen LogP contribution in [0.3, 0.4) is 0 Å². The van der Waals surface area contributed by atoms with Gasteiger partial charge in [0.15, 0.2) is 0 Å². The molecule has 2 atom stereocenters. The molecule has 1 N–H and O–H groups in total. The molecule has 0 bridgehead atoms. The third kappa shape index (κ3) is 3.44. The van der Waals surface area contributed by atoms with E-state index in [2.05, 4.69) is 40.6 Å². The molecule has 2 unspecified atom stereocenters. The number of benzene rings is 2. The van der Waals surface area contributed by atoms with Crippen molar-refractivity contribution in [3.8, 4) is 5.75 Å². The predicted octanol–water partition coefficient (Wildman–Crippen LogP) is 3.23. The molecule has 2 aromatic carbocycles. The molecule has 1 heterocycles. The Balaban J connectivity index is 2.09. The Morgan fingerprint density at radius 3 is 2.50 bits per heavy atom. The normalized spacial score (nSPS) is 16.2. The molecule has 4 heteroatoms. The van der Waals surface area contributed by atoms with Crippen LogP contribution in [-0.4, -0.2) is 38.7 Å². The standard InChI is InChI=1S/C20H24N2O2/c1-3-24-17-12-8-7-11-16(17)18(15-9-5-4-6-10-15)19(23-2)20-21-13-14-22-20/h4-12,18-19H,3,13-14H2,1-2H3,(H,21,22). The first-order valence-corrected chi connectivity index (χ1v) is 8.42. The molecule has 0 amide bonds. The molecular formula is C20H24N2O2. The van der Waals surface area contributed by atoms with Crippen molar-refractivity contribution in [2.24, 2.45) is 4.99 Å². The van der Waals surface area contributed by atoms with Gasteiger partial charge >= 0.3 is 0 Å². The van der Waals surface area contributed by atoms with Crippen LogP contribution in [0.2, 0.25) is 0 Å². The maximum atomic E-state index is 5.89. The van der Waals surface area contributed by atoms with Gasteiger partial charge in [-0.2, -0.15) is 0 Å². The van der Waals surface area contributed by atoms with Crippen molar-refractivity contribution in [2.45, 2.75) is 18.9 Å². The van der Waals surface area contributed by atoms with Crippen molar-refractivity contribution in [1.82, 2.24) is 5.32 Å². The minimum Gasteiger partial charge on any atom is -0.494 e. The first kappa shape index (κ1) is 16.5. The Bertz CT molecular complexity index is 685. The number of rotatable bonds is 7. The first-order chi connectivity index (χ1) is 11.8. The van der Waals surface area contributed by atoms with Crippen molar-refractivity contribution in [2.75, 3.05) is 26.8 Å². The van der Waals surface area contributed by atoms with Crippen molar-refractivity contribution in [3.05, 3.63) is 65.7 Å². The van der Waals surface area contributed by atoms with E-state index in [4.69, 9.17) is 9.47 Å². The van der Waals surface area contributed by atoms with E-state index in [0.29, 0.717) is 6.61 Å². The topological polar surface area (TPSA) is 42.9 Å². The minimum absolute atomic E-state index is 0.0169. The predicted molar refractivity (Wildman–Crippen MR) is 97.0 cm³/mol. The van der Waals surface area contributed by atoms with Crippen LogP contribution in [0.4, 0.5) is 0 Å². The fraction of sp³-hybridized carbons (Fsp3) is 0.350. The molecule has 126 valence electrons. The summed E-state index contributed by atoms with van der Waals surface area (Å²) in [7, 11) is 1.74. The van der Waals surface area contributed by atoms with Crippen LogP contribution in [0.25, 0.3) is 0 Å². The SMILES string of the molecule is CCOc1ccccc1C(c1ccccc1)C(OC)C1=NCCN1. The van der Waals surface area contributed by atoms with Gasteiger partial charge in [0.1, 0.15) is 17.7 Å². The second-order valence-electron chi connectivity index (χ2n) is 5.71. The largest absolute Gasteiger partial charge is 0.494 e. The zero-order valence-electron chi connectivity index (χ0n) is 14.2. The Kier molecular flexibility index (Phi) is 5.49. The summed E-state index contributed by atoms with van der Waals surface area (Å²) in [5.41, 5.74) is 2.31. The zero-order valence-corrected chi connectivity index (χ0v) is 14.2. The smallest absolute Gasteiger partial charge is 0.127 e. The molecule has 0 fully saturated rings. The number of nitrogens with one attached hydrogen (secondary N) is 1. The molecule has 0 aliphatic carbocycles. The van der Waals surface area contributed by atoms with Crippen LogP contribution in [0, 0.1) is 0 Å². The number of aliphatic imine (C=N–C) groups is 1. The fourth-order valence-corrected chi connectivity index (χ4v) is 3.21. The summed E-state index contributed by atoms with van der Waals surface area (Å²) < 4.78 is 11.8. The Hall–Kier alpha value is -2.33. The van der Waals surface area contributed by atoms with Crippen LogP contribution in [0.15, 0.2) is 59.6 Å². The first-order valence-electron chi connectivity index (χ1n) is 8.42. The van der Waals surface area contributed by atoms with Gasteiger partial charge in [0.05, 0.1) is 13.2 Å². The molecule has 24 heavy (non-hydrogen) atoms. The lowest BCUT2D eigenvalue weighted by atomic mass is 9.85. The van der Waals surface area contributed by atoms with Gasteiger partial charge in [0.25, 0.3) is 0 Å². The van der Waals surface area contributed by atoms with Gasteiger partial charge in [0, 0.05) is 25.1 Å². The summed E-state index contributed by atoms with van der Waals surface area (Å²) in [6.07, 6.45) is -0.170. The molecule has 0 aromatic heterocycles. The summed E-state index contributed by atoms with van der Waals surface area (Å²) in [4.78, 5) is 4.59. The molecule has 0 spiro atoms. The van der Waals surface area contributed by atoms with Crippen LogP contribution in [-0.2, 0) is 4.74 Å².